The zero-order valence-corrected chi connectivity index (χ0v) is 19.5. The number of H-pyrrole nitrogens is 1. The molecule has 0 saturated heterocycles. The van der Waals surface area contributed by atoms with Crippen LogP contribution in [0.3, 0.4) is 0 Å². The third kappa shape index (κ3) is 3.69. The Bertz CT molecular complexity index is 1570. The lowest BCUT2D eigenvalue weighted by Crippen LogP contribution is -2.08. The minimum atomic E-state index is -0.249. The van der Waals surface area contributed by atoms with E-state index in [0.717, 1.165) is 61.5 Å². The smallest absolute Gasteiger partial charge is 0.247 e. The number of benzene rings is 1. The summed E-state index contributed by atoms with van der Waals surface area (Å²) in [6, 6.07) is 8.16. The van der Waals surface area contributed by atoms with Gasteiger partial charge in [-0.15, -0.1) is 0 Å². The van der Waals surface area contributed by atoms with Gasteiger partial charge >= 0.3 is 0 Å². The Morgan fingerprint density at radius 3 is 2.53 bits per heavy atom. The first kappa shape index (κ1) is 21.4. The number of carbonyl (C=O) groups excluding carboxylic acids is 1. The molecule has 8 nitrogen and oxygen atoms in total. The molecule has 34 heavy (non-hydrogen) atoms. The fourth-order valence-electron chi connectivity index (χ4n) is 4.25. The second kappa shape index (κ2) is 8.15. The largest absolute Gasteiger partial charge is 0.339 e. The van der Waals surface area contributed by atoms with Crippen molar-refractivity contribution in [1.82, 2.24) is 29.5 Å². The number of carbonyl (C=O) groups is 1. The van der Waals surface area contributed by atoms with Crippen LogP contribution in [-0.4, -0.2) is 35.4 Å². The Kier molecular flexibility index (Phi) is 5.13. The molecule has 0 bridgehead atoms. The molecule has 4 aromatic heterocycles. The van der Waals surface area contributed by atoms with Crippen LogP contribution in [0, 0.1) is 13.8 Å². The van der Waals surface area contributed by atoms with Crippen LogP contribution in [0.4, 0.5) is 5.69 Å². The molecule has 0 aliphatic carbocycles. The first-order chi connectivity index (χ1) is 16.3. The summed E-state index contributed by atoms with van der Waals surface area (Å²) >= 11 is 0. The Morgan fingerprint density at radius 1 is 1.03 bits per heavy atom. The summed E-state index contributed by atoms with van der Waals surface area (Å²) in [5.41, 5.74) is 9.18. The van der Waals surface area contributed by atoms with E-state index < -0.39 is 0 Å². The van der Waals surface area contributed by atoms with Gasteiger partial charge in [0, 0.05) is 60.4 Å². The molecule has 0 atom stereocenters. The summed E-state index contributed by atoms with van der Waals surface area (Å²) in [6.45, 7) is 7.56. The zero-order valence-electron chi connectivity index (χ0n) is 19.5. The van der Waals surface area contributed by atoms with Gasteiger partial charge in [0.05, 0.1) is 17.6 Å². The molecule has 0 radical (unpaired) electrons. The van der Waals surface area contributed by atoms with Crippen molar-refractivity contribution in [1.29, 1.82) is 0 Å². The number of nitrogens with one attached hydrogen (secondary N) is 2. The SMILES string of the molecule is C=CC(=O)Nc1cc(-c2c(-c3cnn(C)c3)[nH]c3ncc(-c4nn(C)cc4C)cc23)ccc1C. The number of hydrogen-bond donors (Lipinski definition) is 2. The summed E-state index contributed by atoms with van der Waals surface area (Å²) < 4.78 is 3.58. The average molecular weight is 452 g/mol. The number of amides is 1. The number of aromatic amines is 1. The molecule has 8 heteroatoms. The molecule has 5 rings (SSSR count). The third-order valence-corrected chi connectivity index (χ3v) is 5.90. The van der Waals surface area contributed by atoms with E-state index in [1.165, 1.54) is 6.08 Å². The lowest BCUT2D eigenvalue weighted by Gasteiger charge is -2.11. The van der Waals surface area contributed by atoms with Crippen LogP contribution in [0.25, 0.3) is 44.7 Å². The first-order valence-electron chi connectivity index (χ1n) is 10.9. The van der Waals surface area contributed by atoms with E-state index in [1.54, 1.807) is 4.68 Å². The summed E-state index contributed by atoms with van der Waals surface area (Å²) in [7, 11) is 3.80. The van der Waals surface area contributed by atoms with E-state index in [2.05, 4.69) is 39.2 Å². The van der Waals surface area contributed by atoms with Gasteiger partial charge in [0.1, 0.15) is 5.65 Å². The van der Waals surface area contributed by atoms with Crippen LogP contribution in [-0.2, 0) is 18.9 Å². The Labute approximate surface area is 197 Å². The molecule has 170 valence electrons. The standard InChI is InChI=1S/C26H25N7O/c1-6-22(34)29-21-10-17(8-7-15(21)2)23-20-9-18(24-16(3)13-33(5)31-24)11-27-26(20)30-25(23)19-12-28-32(4)14-19/h6-14H,1H2,2-5H3,(H,27,30)(H,29,34). The molecule has 0 aliphatic heterocycles. The molecular weight excluding hydrogens is 426 g/mol. The van der Waals surface area contributed by atoms with Crippen LogP contribution >= 0.6 is 0 Å². The van der Waals surface area contributed by atoms with Gasteiger partial charge in [0.15, 0.2) is 0 Å². The van der Waals surface area contributed by atoms with Gasteiger partial charge in [-0.25, -0.2) is 4.98 Å². The summed E-state index contributed by atoms with van der Waals surface area (Å²) in [5, 5.41) is 12.9. The lowest BCUT2D eigenvalue weighted by atomic mass is 9.97. The van der Waals surface area contributed by atoms with Crippen molar-refractivity contribution in [2.24, 2.45) is 14.1 Å². The van der Waals surface area contributed by atoms with Gasteiger partial charge in [-0.05, 0) is 48.7 Å². The lowest BCUT2D eigenvalue weighted by molar-refractivity contribution is -0.111. The maximum Gasteiger partial charge on any atom is 0.247 e. The van der Waals surface area contributed by atoms with E-state index in [-0.39, 0.29) is 5.91 Å². The quantitative estimate of drug-likeness (QED) is 0.376. The molecule has 0 spiro atoms. The highest BCUT2D eigenvalue weighted by Gasteiger charge is 2.20. The zero-order chi connectivity index (χ0) is 24.0. The number of aryl methyl sites for hydroxylation is 4. The maximum atomic E-state index is 12.0. The van der Waals surface area contributed by atoms with E-state index in [9.17, 15) is 4.79 Å². The van der Waals surface area contributed by atoms with Crippen LogP contribution in [0.1, 0.15) is 11.1 Å². The van der Waals surface area contributed by atoms with Crippen molar-refractivity contribution in [2.45, 2.75) is 13.8 Å². The molecular formula is C26H25N7O. The van der Waals surface area contributed by atoms with Gasteiger partial charge in [-0.3, -0.25) is 14.2 Å². The predicted octanol–water partition coefficient (Wildman–Crippen LogP) is 4.77. The molecule has 5 aromatic rings. The molecule has 0 aliphatic rings. The number of hydrogen-bond acceptors (Lipinski definition) is 4. The van der Waals surface area contributed by atoms with Gasteiger partial charge in [0.2, 0.25) is 5.91 Å². The highest BCUT2D eigenvalue weighted by molar-refractivity contribution is 6.05. The van der Waals surface area contributed by atoms with Gasteiger partial charge in [0.25, 0.3) is 0 Å². The van der Waals surface area contributed by atoms with E-state index in [1.807, 2.05) is 69.5 Å². The molecule has 1 amide bonds. The summed E-state index contributed by atoms with van der Waals surface area (Å²) in [5.74, 6) is -0.249. The Morgan fingerprint density at radius 2 is 1.85 bits per heavy atom. The molecule has 0 unspecified atom stereocenters. The molecule has 2 N–H and O–H groups in total. The maximum absolute atomic E-state index is 12.0. The van der Waals surface area contributed by atoms with E-state index in [4.69, 9.17) is 4.98 Å². The number of anilines is 1. The Hall–Kier alpha value is -4.46. The van der Waals surface area contributed by atoms with Crippen molar-refractivity contribution in [2.75, 3.05) is 5.32 Å². The summed E-state index contributed by atoms with van der Waals surface area (Å²) in [6.07, 6.45) is 8.90. The number of aromatic nitrogens is 6. The second-order valence-corrected chi connectivity index (χ2v) is 8.46. The third-order valence-electron chi connectivity index (χ3n) is 5.90. The normalized spacial score (nSPS) is 11.2. The van der Waals surface area contributed by atoms with Crippen molar-refractivity contribution in [3.8, 4) is 33.6 Å². The van der Waals surface area contributed by atoms with Crippen LogP contribution < -0.4 is 5.32 Å². The minimum Gasteiger partial charge on any atom is -0.339 e. The molecule has 4 heterocycles. The number of fused-ring (bicyclic) bond motifs is 1. The number of pyridine rings is 1. The van der Waals surface area contributed by atoms with Crippen LogP contribution in [0.2, 0.25) is 0 Å². The van der Waals surface area contributed by atoms with Crippen molar-refractivity contribution in [3.05, 3.63) is 72.8 Å². The highest BCUT2D eigenvalue weighted by Crippen LogP contribution is 2.40. The van der Waals surface area contributed by atoms with Crippen molar-refractivity contribution in [3.63, 3.8) is 0 Å². The van der Waals surface area contributed by atoms with Gasteiger partial charge in [-0.2, -0.15) is 10.2 Å². The summed E-state index contributed by atoms with van der Waals surface area (Å²) in [4.78, 5) is 20.2. The van der Waals surface area contributed by atoms with E-state index in [0.29, 0.717) is 0 Å². The predicted molar refractivity (Wildman–Crippen MR) is 134 cm³/mol. The molecule has 0 fully saturated rings. The van der Waals surface area contributed by atoms with Crippen LogP contribution in [0.5, 0.6) is 0 Å². The van der Waals surface area contributed by atoms with Crippen LogP contribution in [0.15, 0.2) is 61.7 Å². The number of nitrogens with zero attached hydrogens (tertiary/aromatic N) is 5. The Balaban J connectivity index is 1.76. The van der Waals surface area contributed by atoms with Crippen molar-refractivity contribution < 1.29 is 4.79 Å². The topological polar surface area (TPSA) is 93.4 Å². The first-order valence-corrected chi connectivity index (χ1v) is 10.9. The molecule has 0 saturated carbocycles. The van der Waals surface area contributed by atoms with Gasteiger partial charge < -0.3 is 10.3 Å². The number of rotatable bonds is 5. The minimum absolute atomic E-state index is 0.249. The fraction of sp³-hybridized carbons (Fsp3) is 0.154. The highest BCUT2D eigenvalue weighted by atomic mass is 16.1. The van der Waals surface area contributed by atoms with Gasteiger partial charge in [-0.1, -0.05) is 18.7 Å². The second-order valence-electron chi connectivity index (χ2n) is 8.46. The van der Waals surface area contributed by atoms with Crippen molar-refractivity contribution >= 4 is 22.6 Å². The monoisotopic (exact) mass is 451 g/mol. The average Bonchev–Trinajstić information content (AvgIpc) is 3.50. The fourth-order valence-corrected chi connectivity index (χ4v) is 4.25. The van der Waals surface area contributed by atoms with E-state index >= 15 is 0 Å². The molecule has 1 aromatic carbocycles.